The van der Waals surface area contributed by atoms with Gasteiger partial charge in [-0.05, 0) is 37.5 Å². The van der Waals surface area contributed by atoms with E-state index in [1.54, 1.807) is 0 Å². The molecular weight excluding hydrogens is 229 g/mol. The van der Waals surface area contributed by atoms with Gasteiger partial charge < -0.3 is 5.32 Å². The monoisotopic (exact) mass is 241 g/mol. The maximum atomic E-state index is 5.94. The van der Waals surface area contributed by atoms with Crippen molar-refractivity contribution in [3.63, 3.8) is 0 Å². The normalized spacial score (nSPS) is 20.3. The van der Waals surface area contributed by atoms with E-state index in [1.807, 2.05) is 18.2 Å². The minimum absolute atomic E-state index is 0.427. The Bertz CT molecular complexity index is 374. The van der Waals surface area contributed by atoms with Gasteiger partial charge in [0.1, 0.15) is 0 Å². The highest BCUT2D eigenvalue weighted by Crippen LogP contribution is 2.26. The molecule has 0 aliphatic heterocycles. The van der Waals surface area contributed by atoms with E-state index in [2.05, 4.69) is 17.5 Å². The molecular formula is C12H13Cl2N. The molecule has 1 aliphatic carbocycles. The molecule has 1 atom stereocenters. The van der Waals surface area contributed by atoms with Gasteiger partial charge in [0, 0.05) is 11.7 Å². The average Bonchev–Trinajstić information content (AvgIpc) is 2.25. The van der Waals surface area contributed by atoms with Crippen LogP contribution < -0.4 is 5.32 Å². The summed E-state index contributed by atoms with van der Waals surface area (Å²) in [4.78, 5) is 0. The zero-order chi connectivity index (χ0) is 10.7. The Morgan fingerprint density at radius 3 is 2.73 bits per heavy atom. The number of anilines is 1. The quantitative estimate of drug-likeness (QED) is 0.752. The Balaban J connectivity index is 2.07. The van der Waals surface area contributed by atoms with Gasteiger partial charge in [-0.15, -0.1) is 0 Å². The van der Waals surface area contributed by atoms with E-state index in [-0.39, 0.29) is 0 Å². The summed E-state index contributed by atoms with van der Waals surface area (Å²) in [5.74, 6) is 0. The summed E-state index contributed by atoms with van der Waals surface area (Å²) >= 11 is 11.8. The summed E-state index contributed by atoms with van der Waals surface area (Å²) in [6.07, 6.45) is 8.05. The van der Waals surface area contributed by atoms with Gasteiger partial charge in [0.05, 0.1) is 10.0 Å². The number of benzene rings is 1. The van der Waals surface area contributed by atoms with Crippen LogP contribution >= 0.6 is 23.2 Å². The van der Waals surface area contributed by atoms with Gasteiger partial charge in [0.25, 0.3) is 0 Å². The smallest absolute Gasteiger partial charge is 0.0612 e. The lowest BCUT2D eigenvalue weighted by Crippen LogP contribution is -2.18. The molecule has 1 nitrogen and oxygen atoms in total. The summed E-state index contributed by atoms with van der Waals surface area (Å²) < 4.78 is 0. The van der Waals surface area contributed by atoms with E-state index in [9.17, 15) is 0 Å². The second kappa shape index (κ2) is 4.91. The van der Waals surface area contributed by atoms with Crippen molar-refractivity contribution in [1.82, 2.24) is 0 Å². The predicted molar refractivity (Wildman–Crippen MR) is 66.9 cm³/mol. The van der Waals surface area contributed by atoms with Gasteiger partial charge in [-0.2, -0.15) is 0 Å². The average molecular weight is 242 g/mol. The van der Waals surface area contributed by atoms with Crippen LogP contribution in [0.25, 0.3) is 0 Å². The fourth-order valence-electron chi connectivity index (χ4n) is 1.73. The van der Waals surface area contributed by atoms with Crippen molar-refractivity contribution in [1.29, 1.82) is 0 Å². The van der Waals surface area contributed by atoms with E-state index < -0.39 is 0 Å². The van der Waals surface area contributed by atoms with Crippen molar-refractivity contribution in [2.75, 3.05) is 5.32 Å². The summed E-state index contributed by atoms with van der Waals surface area (Å²) in [6, 6.07) is 6.07. The molecule has 3 heteroatoms. The van der Waals surface area contributed by atoms with Gasteiger partial charge in [-0.25, -0.2) is 0 Å². The van der Waals surface area contributed by atoms with Crippen molar-refractivity contribution in [2.45, 2.75) is 25.3 Å². The molecule has 0 radical (unpaired) electrons. The lowest BCUT2D eigenvalue weighted by molar-refractivity contribution is 0.674. The van der Waals surface area contributed by atoms with Gasteiger partial charge in [-0.3, -0.25) is 0 Å². The lowest BCUT2D eigenvalue weighted by Gasteiger charge is -2.19. The summed E-state index contributed by atoms with van der Waals surface area (Å²) in [7, 11) is 0. The summed E-state index contributed by atoms with van der Waals surface area (Å²) in [5, 5.41) is 4.62. The van der Waals surface area contributed by atoms with E-state index in [1.165, 1.54) is 19.3 Å². The Morgan fingerprint density at radius 1 is 1.20 bits per heavy atom. The lowest BCUT2D eigenvalue weighted by atomic mass is 10.0. The molecule has 0 aromatic heterocycles. The molecule has 80 valence electrons. The van der Waals surface area contributed by atoms with Crippen LogP contribution in [0.3, 0.4) is 0 Å². The maximum Gasteiger partial charge on any atom is 0.0612 e. The molecule has 1 aliphatic rings. The molecule has 1 unspecified atom stereocenters. The molecule has 0 fully saturated rings. The Labute approximate surface area is 100 Å². The third-order valence-electron chi connectivity index (χ3n) is 2.53. The fraction of sp³-hybridized carbons (Fsp3) is 0.333. The molecule has 0 spiro atoms. The van der Waals surface area contributed by atoms with Crippen LogP contribution in [0.2, 0.25) is 10.0 Å². The standard InChI is InChI=1S/C12H13Cl2N/c13-11-7-6-10(8-12(11)14)15-9-4-2-1-3-5-9/h2,4,6-9,15H,1,3,5H2. The number of rotatable bonds is 2. The molecule has 2 rings (SSSR count). The molecule has 0 saturated carbocycles. The Kier molecular flexibility index (Phi) is 3.55. The molecule has 0 heterocycles. The zero-order valence-electron chi connectivity index (χ0n) is 8.34. The SMILES string of the molecule is Clc1ccc(NC2C=CCCC2)cc1Cl. The van der Waals surface area contributed by atoms with E-state index in [4.69, 9.17) is 23.2 Å². The van der Waals surface area contributed by atoms with Crippen LogP contribution in [0.15, 0.2) is 30.4 Å². The molecule has 1 N–H and O–H groups in total. The zero-order valence-corrected chi connectivity index (χ0v) is 9.85. The summed E-state index contributed by atoms with van der Waals surface area (Å²) in [6.45, 7) is 0. The molecule has 15 heavy (non-hydrogen) atoms. The third kappa shape index (κ3) is 2.90. The minimum atomic E-state index is 0.427. The molecule has 1 aromatic carbocycles. The van der Waals surface area contributed by atoms with Crippen LogP contribution in [0.4, 0.5) is 5.69 Å². The van der Waals surface area contributed by atoms with Crippen LogP contribution in [0.5, 0.6) is 0 Å². The number of nitrogens with one attached hydrogen (secondary N) is 1. The van der Waals surface area contributed by atoms with Crippen molar-refractivity contribution in [3.8, 4) is 0 Å². The predicted octanol–water partition coefficient (Wildman–Crippen LogP) is 4.51. The molecule has 0 bridgehead atoms. The highest BCUT2D eigenvalue weighted by atomic mass is 35.5. The van der Waals surface area contributed by atoms with Crippen LogP contribution in [0.1, 0.15) is 19.3 Å². The van der Waals surface area contributed by atoms with Gasteiger partial charge in [0.15, 0.2) is 0 Å². The van der Waals surface area contributed by atoms with Gasteiger partial charge >= 0.3 is 0 Å². The van der Waals surface area contributed by atoms with Crippen LogP contribution in [-0.2, 0) is 0 Å². The molecule has 0 saturated heterocycles. The fourth-order valence-corrected chi connectivity index (χ4v) is 2.03. The number of allylic oxidation sites excluding steroid dienone is 1. The molecule has 0 amide bonds. The minimum Gasteiger partial charge on any atom is -0.379 e. The summed E-state index contributed by atoms with van der Waals surface area (Å²) in [5.41, 5.74) is 1.03. The first-order valence-electron chi connectivity index (χ1n) is 5.14. The maximum absolute atomic E-state index is 5.94. The number of hydrogen-bond acceptors (Lipinski definition) is 1. The topological polar surface area (TPSA) is 12.0 Å². The van der Waals surface area contributed by atoms with Crippen LogP contribution in [-0.4, -0.2) is 6.04 Å². The van der Waals surface area contributed by atoms with Crippen molar-refractivity contribution >= 4 is 28.9 Å². The number of hydrogen-bond donors (Lipinski definition) is 1. The highest BCUT2D eigenvalue weighted by Gasteiger charge is 2.08. The first kappa shape index (κ1) is 10.8. The molecule has 1 aromatic rings. The second-order valence-corrected chi connectivity index (χ2v) is 4.55. The van der Waals surface area contributed by atoms with Crippen molar-refractivity contribution in [2.24, 2.45) is 0 Å². The Hall–Kier alpha value is -0.660. The van der Waals surface area contributed by atoms with E-state index >= 15 is 0 Å². The van der Waals surface area contributed by atoms with Gasteiger partial charge in [-0.1, -0.05) is 35.4 Å². The Morgan fingerprint density at radius 2 is 2.07 bits per heavy atom. The van der Waals surface area contributed by atoms with E-state index in [0.29, 0.717) is 16.1 Å². The van der Waals surface area contributed by atoms with Crippen molar-refractivity contribution < 1.29 is 0 Å². The van der Waals surface area contributed by atoms with Crippen molar-refractivity contribution in [3.05, 3.63) is 40.4 Å². The van der Waals surface area contributed by atoms with Gasteiger partial charge in [0.2, 0.25) is 0 Å². The first-order chi connectivity index (χ1) is 7.25. The van der Waals surface area contributed by atoms with Crippen LogP contribution in [0, 0.1) is 0 Å². The third-order valence-corrected chi connectivity index (χ3v) is 3.27. The first-order valence-corrected chi connectivity index (χ1v) is 5.89. The highest BCUT2D eigenvalue weighted by molar-refractivity contribution is 6.42. The largest absolute Gasteiger partial charge is 0.379 e. The second-order valence-electron chi connectivity index (χ2n) is 3.74. The number of halogens is 2. The van der Waals surface area contributed by atoms with E-state index in [0.717, 1.165) is 5.69 Å².